The molecule has 30 heavy (non-hydrogen) atoms. The zero-order valence-electron chi connectivity index (χ0n) is 17.0. The first-order chi connectivity index (χ1) is 14.3. The van der Waals surface area contributed by atoms with E-state index in [9.17, 15) is 18.0 Å². The number of piperidine rings is 1. The molecule has 8 heteroatoms. The Labute approximate surface area is 176 Å². The summed E-state index contributed by atoms with van der Waals surface area (Å²) in [5.41, 5.74) is 1.11. The van der Waals surface area contributed by atoms with Crippen LogP contribution in [-0.4, -0.2) is 44.9 Å². The molecule has 0 saturated carbocycles. The minimum Gasteiger partial charge on any atom is -0.466 e. The van der Waals surface area contributed by atoms with Gasteiger partial charge in [0.15, 0.2) is 0 Å². The predicted octanol–water partition coefficient (Wildman–Crippen LogP) is 3.24. The highest BCUT2D eigenvalue weighted by atomic mass is 32.2. The molecule has 0 aliphatic carbocycles. The second-order valence-electron chi connectivity index (χ2n) is 7.16. The van der Waals surface area contributed by atoms with Crippen molar-refractivity contribution >= 4 is 22.0 Å². The topological polar surface area (TPSA) is 90.0 Å². The summed E-state index contributed by atoms with van der Waals surface area (Å²) >= 11 is 0. The normalized spacial score (nSPS) is 15.9. The van der Waals surface area contributed by atoms with E-state index < -0.39 is 28.1 Å². The SMILES string of the molecule is COC(=O)C(OC(=O)c1cc(S(=O)(=O)N2CCCCC2)ccc1C)c1ccccc1. The van der Waals surface area contributed by atoms with Crippen LogP contribution in [0.25, 0.3) is 0 Å². The molecular formula is C22H25NO6S. The van der Waals surface area contributed by atoms with Gasteiger partial charge in [-0.2, -0.15) is 4.31 Å². The maximum Gasteiger partial charge on any atom is 0.351 e. The van der Waals surface area contributed by atoms with Gasteiger partial charge >= 0.3 is 11.9 Å². The lowest BCUT2D eigenvalue weighted by Crippen LogP contribution is -2.35. The van der Waals surface area contributed by atoms with Crippen molar-refractivity contribution in [2.24, 2.45) is 0 Å². The van der Waals surface area contributed by atoms with Crippen LogP contribution < -0.4 is 0 Å². The number of aryl methyl sites for hydroxylation is 1. The van der Waals surface area contributed by atoms with Crippen molar-refractivity contribution in [3.8, 4) is 0 Å². The van der Waals surface area contributed by atoms with Gasteiger partial charge in [-0.3, -0.25) is 0 Å². The molecule has 1 heterocycles. The summed E-state index contributed by atoms with van der Waals surface area (Å²) in [5.74, 6) is -1.51. The highest BCUT2D eigenvalue weighted by Crippen LogP contribution is 2.25. The molecule has 1 atom stereocenters. The molecule has 1 saturated heterocycles. The van der Waals surface area contributed by atoms with Crippen molar-refractivity contribution in [1.29, 1.82) is 0 Å². The van der Waals surface area contributed by atoms with Gasteiger partial charge in [-0.1, -0.05) is 42.8 Å². The number of carbonyl (C=O) groups is 2. The van der Waals surface area contributed by atoms with Crippen LogP contribution in [0.1, 0.15) is 46.9 Å². The summed E-state index contributed by atoms with van der Waals surface area (Å²) in [5, 5.41) is 0. The Morgan fingerprint density at radius 3 is 2.30 bits per heavy atom. The molecule has 0 spiro atoms. The molecule has 0 aromatic heterocycles. The number of nitrogens with zero attached hydrogens (tertiary/aromatic N) is 1. The van der Waals surface area contributed by atoms with Gasteiger partial charge in [-0.15, -0.1) is 0 Å². The number of rotatable bonds is 6. The Morgan fingerprint density at radius 1 is 1.00 bits per heavy atom. The summed E-state index contributed by atoms with van der Waals surface area (Å²) < 4.78 is 37.6. The first-order valence-electron chi connectivity index (χ1n) is 9.79. The third kappa shape index (κ3) is 4.71. The minimum atomic E-state index is -3.70. The molecule has 1 unspecified atom stereocenters. The smallest absolute Gasteiger partial charge is 0.351 e. The molecule has 0 radical (unpaired) electrons. The van der Waals surface area contributed by atoms with Crippen LogP contribution in [0.5, 0.6) is 0 Å². The zero-order chi connectivity index (χ0) is 21.7. The van der Waals surface area contributed by atoms with Crippen LogP contribution in [0.4, 0.5) is 0 Å². The van der Waals surface area contributed by atoms with Gasteiger partial charge < -0.3 is 9.47 Å². The van der Waals surface area contributed by atoms with Gasteiger partial charge in [0.25, 0.3) is 0 Å². The highest BCUT2D eigenvalue weighted by molar-refractivity contribution is 7.89. The third-order valence-electron chi connectivity index (χ3n) is 5.12. The molecule has 2 aromatic rings. The molecule has 2 aromatic carbocycles. The van der Waals surface area contributed by atoms with Gasteiger partial charge in [0.05, 0.1) is 17.6 Å². The average Bonchev–Trinajstić information content (AvgIpc) is 2.78. The highest BCUT2D eigenvalue weighted by Gasteiger charge is 2.30. The van der Waals surface area contributed by atoms with Crippen LogP contribution in [-0.2, 0) is 24.3 Å². The number of sulfonamides is 1. The second-order valence-corrected chi connectivity index (χ2v) is 9.10. The van der Waals surface area contributed by atoms with Gasteiger partial charge in [-0.25, -0.2) is 18.0 Å². The average molecular weight is 432 g/mol. The fourth-order valence-corrected chi connectivity index (χ4v) is 4.94. The lowest BCUT2D eigenvalue weighted by Gasteiger charge is -2.26. The van der Waals surface area contributed by atoms with Gasteiger partial charge in [0, 0.05) is 18.7 Å². The number of esters is 2. The largest absolute Gasteiger partial charge is 0.466 e. The van der Waals surface area contributed by atoms with E-state index in [4.69, 9.17) is 9.47 Å². The second kappa shape index (κ2) is 9.40. The monoisotopic (exact) mass is 431 g/mol. The van der Waals surface area contributed by atoms with Gasteiger partial charge in [0.1, 0.15) is 0 Å². The molecule has 0 amide bonds. The zero-order valence-corrected chi connectivity index (χ0v) is 17.9. The maximum atomic E-state index is 13.0. The third-order valence-corrected chi connectivity index (χ3v) is 7.02. The van der Waals surface area contributed by atoms with Crippen molar-refractivity contribution in [3.05, 3.63) is 65.2 Å². The lowest BCUT2D eigenvalue weighted by molar-refractivity contribution is -0.151. The Kier molecular flexibility index (Phi) is 6.89. The molecule has 7 nitrogen and oxygen atoms in total. The van der Waals surface area contributed by atoms with E-state index in [0.717, 1.165) is 19.3 Å². The Morgan fingerprint density at radius 2 is 1.67 bits per heavy atom. The summed E-state index contributed by atoms with van der Waals surface area (Å²) in [6, 6.07) is 12.9. The van der Waals surface area contributed by atoms with E-state index in [1.54, 1.807) is 43.3 Å². The number of hydrogen-bond acceptors (Lipinski definition) is 6. The number of benzene rings is 2. The first kappa shape index (κ1) is 22.0. The van der Waals surface area contributed by atoms with Crippen LogP contribution >= 0.6 is 0 Å². The molecule has 0 N–H and O–H groups in total. The van der Waals surface area contributed by atoms with E-state index in [-0.39, 0.29) is 10.5 Å². The van der Waals surface area contributed by atoms with Crippen molar-refractivity contribution in [2.75, 3.05) is 20.2 Å². The number of hydrogen-bond donors (Lipinski definition) is 0. The molecule has 160 valence electrons. The molecule has 1 fully saturated rings. The van der Waals surface area contributed by atoms with E-state index in [2.05, 4.69) is 0 Å². The maximum absolute atomic E-state index is 13.0. The van der Waals surface area contributed by atoms with Crippen LogP contribution in [0.15, 0.2) is 53.4 Å². The van der Waals surface area contributed by atoms with Crippen LogP contribution in [0.2, 0.25) is 0 Å². The molecule has 3 rings (SSSR count). The predicted molar refractivity (Wildman–Crippen MR) is 110 cm³/mol. The van der Waals surface area contributed by atoms with Crippen molar-refractivity contribution in [3.63, 3.8) is 0 Å². The molecule has 1 aliphatic heterocycles. The number of carbonyl (C=O) groups excluding carboxylic acids is 2. The van der Waals surface area contributed by atoms with E-state index >= 15 is 0 Å². The molecule has 1 aliphatic rings. The summed E-state index contributed by atoms with van der Waals surface area (Å²) in [6.07, 6.45) is 1.40. The molecule has 0 bridgehead atoms. The van der Waals surface area contributed by atoms with Crippen LogP contribution in [0.3, 0.4) is 0 Å². The Bertz CT molecular complexity index is 1010. The van der Waals surface area contributed by atoms with E-state index in [0.29, 0.717) is 24.2 Å². The van der Waals surface area contributed by atoms with Gasteiger partial charge in [-0.05, 0) is 37.5 Å². The fraction of sp³-hybridized carbons (Fsp3) is 0.364. The molecular weight excluding hydrogens is 406 g/mol. The van der Waals surface area contributed by atoms with Crippen molar-refractivity contribution in [1.82, 2.24) is 4.31 Å². The minimum absolute atomic E-state index is 0.0382. The quantitative estimate of drug-likeness (QED) is 0.653. The Balaban J connectivity index is 1.90. The van der Waals surface area contributed by atoms with Crippen molar-refractivity contribution in [2.45, 2.75) is 37.2 Å². The Hall–Kier alpha value is -2.71. The van der Waals surface area contributed by atoms with Crippen molar-refractivity contribution < 1.29 is 27.5 Å². The van der Waals surface area contributed by atoms with Gasteiger partial charge in [0.2, 0.25) is 16.1 Å². The standard InChI is InChI=1S/C22H25NO6S/c1-16-11-12-18(30(26,27)23-13-7-4-8-14-23)15-19(16)21(24)29-20(22(25)28-2)17-9-5-3-6-10-17/h3,5-6,9-12,15,20H,4,7-8,13-14H2,1-2H3. The first-order valence-corrected chi connectivity index (χ1v) is 11.2. The summed E-state index contributed by atoms with van der Waals surface area (Å²) in [4.78, 5) is 25.1. The lowest BCUT2D eigenvalue weighted by atomic mass is 10.1. The number of ether oxygens (including phenoxy) is 2. The fourth-order valence-electron chi connectivity index (χ4n) is 3.39. The van der Waals surface area contributed by atoms with Crippen LogP contribution in [0, 0.1) is 6.92 Å². The van der Waals surface area contributed by atoms with E-state index in [1.807, 2.05) is 0 Å². The summed E-state index contributed by atoms with van der Waals surface area (Å²) in [7, 11) is -2.49. The summed E-state index contributed by atoms with van der Waals surface area (Å²) in [6.45, 7) is 2.62. The number of methoxy groups -OCH3 is 1. The van der Waals surface area contributed by atoms with E-state index in [1.165, 1.54) is 23.5 Å².